The van der Waals surface area contributed by atoms with Gasteiger partial charge in [0, 0.05) is 52.2 Å². The summed E-state index contributed by atoms with van der Waals surface area (Å²) in [5.41, 5.74) is 3.67. The zero-order valence-corrected chi connectivity index (χ0v) is 22.0. The summed E-state index contributed by atoms with van der Waals surface area (Å²) in [5.74, 6) is 0.125. The zero-order valence-electron chi connectivity index (χ0n) is 21.3. The Morgan fingerprint density at radius 3 is 2.71 bits per heavy atom. The van der Waals surface area contributed by atoms with E-state index < -0.39 is 5.82 Å². The van der Waals surface area contributed by atoms with E-state index >= 15 is 4.39 Å². The van der Waals surface area contributed by atoms with Crippen LogP contribution in [0.5, 0.6) is 5.88 Å². The summed E-state index contributed by atoms with van der Waals surface area (Å²) in [6.07, 6.45) is 6.51. The lowest BCUT2D eigenvalue weighted by Gasteiger charge is -2.30. The number of fused-ring (bicyclic) bond motifs is 1. The smallest absolute Gasteiger partial charge is 0.277 e. The minimum absolute atomic E-state index is 0.00932. The molecule has 2 fully saturated rings. The van der Waals surface area contributed by atoms with Crippen molar-refractivity contribution in [2.45, 2.75) is 64.1 Å². The van der Waals surface area contributed by atoms with Crippen LogP contribution in [0.25, 0.3) is 16.8 Å². The first kappa shape index (κ1) is 24.9. The largest absolute Gasteiger partial charge is 0.474 e. The Morgan fingerprint density at radius 1 is 1.11 bits per heavy atom. The topological polar surface area (TPSA) is 78.6 Å². The lowest BCUT2D eigenvalue weighted by Crippen LogP contribution is -2.26. The molecule has 1 saturated carbocycles. The maximum absolute atomic E-state index is 15.1. The molecule has 0 N–H and O–H groups in total. The molecule has 2 atom stereocenters. The molecule has 1 saturated heterocycles. The van der Waals surface area contributed by atoms with E-state index in [1.807, 2.05) is 18.2 Å². The molecule has 1 aromatic carbocycles. The van der Waals surface area contributed by atoms with Gasteiger partial charge in [-0.25, -0.2) is 14.4 Å². The highest BCUT2D eigenvalue weighted by Crippen LogP contribution is 2.39. The van der Waals surface area contributed by atoms with Crippen LogP contribution in [0.2, 0.25) is 5.02 Å². The average molecular weight is 535 g/mol. The third kappa shape index (κ3) is 4.67. The second-order valence-corrected chi connectivity index (χ2v) is 10.6. The number of nitrogens with zero attached hydrogens (tertiary/aromatic N) is 4. The van der Waals surface area contributed by atoms with Gasteiger partial charge in [-0.3, -0.25) is 4.79 Å². The molecule has 0 radical (unpaired) electrons. The zero-order chi connectivity index (χ0) is 26.4. The van der Waals surface area contributed by atoms with Gasteiger partial charge in [-0.15, -0.1) is 0 Å². The number of rotatable bonds is 5. The molecule has 9 heteroatoms. The van der Waals surface area contributed by atoms with Crippen molar-refractivity contribution >= 4 is 17.2 Å². The fourth-order valence-corrected chi connectivity index (χ4v) is 5.23. The number of halogens is 2. The number of hydrogen-bond donors (Lipinski definition) is 0. The van der Waals surface area contributed by atoms with E-state index in [9.17, 15) is 4.79 Å². The van der Waals surface area contributed by atoms with E-state index in [1.54, 1.807) is 32.2 Å². The minimum atomic E-state index is -0.482. The Labute approximate surface area is 224 Å². The lowest BCUT2D eigenvalue weighted by atomic mass is 9.88. The van der Waals surface area contributed by atoms with Crippen LogP contribution in [0.1, 0.15) is 66.6 Å². The Bertz CT molecular complexity index is 1590. The lowest BCUT2D eigenvalue weighted by molar-refractivity contribution is 0.00410. The van der Waals surface area contributed by atoms with E-state index in [4.69, 9.17) is 26.2 Å². The number of hydrogen-bond acceptors (Lipinski definition) is 6. The number of benzene rings is 1. The van der Waals surface area contributed by atoms with Crippen molar-refractivity contribution < 1.29 is 13.9 Å². The monoisotopic (exact) mass is 534 g/mol. The van der Waals surface area contributed by atoms with Crippen molar-refractivity contribution in [2.24, 2.45) is 0 Å². The SMILES string of the molecule is Cc1nc2c(-c3ccc(Cl)cc3F)cc([C@H]3CCO[C@@H](c4ccnc(OC5CCC5)c4)C3)nn2c(=O)c1C. The van der Waals surface area contributed by atoms with E-state index in [0.717, 1.165) is 24.8 Å². The Balaban J connectivity index is 1.40. The van der Waals surface area contributed by atoms with Crippen LogP contribution in [0.3, 0.4) is 0 Å². The van der Waals surface area contributed by atoms with Crippen LogP contribution in [-0.4, -0.2) is 32.3 Å². The highest BCUT2D eigenvalue weighted by atomic mass is 35.5. The molecule has 0 unspecified atom stereocenters. The molecular weight excluding hydrogens is 507 g/mol. The molecule has 3 aromatic heterocycles. The third-order valence-corrected chi connectivity index (χ3v) is 7.91. The summed E-state index contributed by atoms with van der Waals surface area (Å²) >= 11 is 6.02. The molecule has 0 amide bonds. The maximum atomic E-state index is 15.1. The fraction of sp³-hybridized carbons (Fsp3) is 0.379. The predicted octanol–water partition coefficient (Wildman–Crippen LogP) is 6.13. The normalized spacial score (nSPS) is 19.9. The van der Waals surface area contributed by atoms with Gasteiger partial charge in [-0.05, 0) is 81.8 Å². The van der Waals surface area contributed by atoms with Crippen LogP contribution in [0.15, 0.2) is 47.4 Å². The van der Waals surface area contributed by atoms with Gasteiger partial charge < -0.3 is 9.47 Å². The molecule has 2 aliphatic rings. The molecule has 1 aliphatic carbocycles. The van der Waals surface area contributed by atoms with Crippen molar-refractivity contribution in [3.05, 3.63) is 86.3 Å². The van der Waals surface area contributed by atoms with Gasteiger partial charge in [0.2, 0.25) is 5.88 Å². The van der Waals surface area contributed by atoms with Gasteiger partial charge in [0.25, 0.3) is 5.56 Å². The first-order chi connectivity index (χ1) is 18.4. The van der Waals surface area contributed by atoms with Crippen LogP contribution in [-0.2, 0) is 4.74 Å². The second kappa shape index (κ2) is 10.1. The molecule has 0 bridgehead atoms. The summed E-state index contributed by atoms with van der Waals surface area (Å²) in [4.78, 5) is 22.2. The number of pyridine rings is 1. The van der Waals surface area contributed by atoms with Gasteiger partial charge >= 0.3 is 0 Å². The molecule has 6 rings (SSSR count). The highest BCUT2D eigenvalue weighted by Gasteiger charge is 2.29. The third-order valence-electron chi connectivity index (χ3n) is 7.67. The summed E-state index contributed by atoms with van der Waals surface area (Å²) < 4.78 is 28.5. The summed E-state index contributed by atoms with van der Waals surface area (Å²) in [7, 11) is 0. The predicted molar refractivity (Wildman–Crippen MR) is 142 cm³/mol. The first-order valence-electron chi connectivity index (χ1n) is 13.0. The summed E-state index contributed by atoms with van der Waals surface area (Å²) in [6.45, 7) is 4.03. The van der Waals surface area contributed by atoms with Gasteiger partial charge in [0.05, 0.1) is 11.8 Å². The van der Waals surface area contributed by atoms with E-state index in [2.05, 4.69) is 9.97 Å². The maximum Gasteiger partial charge on any atom is 0.277 e. The number of ether oxygens (including phenoxy) is 2. The standard InChI is InChI=1S/C29H28ClFN4O3/c1-16-17(2)33-28-23(22-7-6-20(30)14-24(22)31)15-25(34-35(28)29(16)36)18-9-11-37-26(12-18)19-8-10-32-27(13-19)38-21-4-3-5-21/h6-8,10,13-15,18,21,26H,3-5,9,11-12H2,1-2H3/t18-,26+/m0/s1. The van der Waals surface area contributed by atoms with Crippen LogP contribution >= 0.6 is 11.6 Å². The van der Waals surface area contributed by atoms with Crippen molar-refractivity contribution in [3.8, 4) is 17.0 Å². The molecule has 196 valence electrons. The summed E-state index contributed by atoms with van der Waals surface area (Å²) in [5, 5.41) is 5.04. The molecular formula is C29H28ClFN4O3. The summed E-state index contributed by atoms with van der Waals surface area (Å²) in [6, 6.07) is 10.3. The number of aryl methyl sites for hydroxylation is 1. The molecule has 4 aromatic rings. The van der Waals surface area contributed by atoms with Crippen LogP contribution in [0, 0.1) is 19.7 Å². The van der Waals surface area contributed by atoms with Crippen LogP contribution < -0.4 is 10.3 Å². The molecule has 1 aliphatic heterocycles. The Hall–Kier alpha value is -3.36. The molecule has 7 nitrogen and oxygen atoms in total. The van der Waals surface area contributed by atoms with Gasteiger partial charge in [0.15, 0.2) is 5.65 Å². The van der Waals surface area contributed by atoms with Crippen molar-refractivity contribution in [2.75, 3.05) is 6.61 Å². The van der Waals surface area contributed by atoms with Crippen molar-refractivity contribution in [3.63, 3.8) is 0 Å². The van der Waals surface area contributed by atoms with E-state index in [0.29, 0.717) is 57.7 Å². The number of aromatic nitrogens is 4. The van der Waals surface area contributed by atoms with Gasteiger partial charge in [-0.2, -0.15) is 9.61 Å². The van der Waals surface area contributed by atoms with Gasteiger partial charge in [0.1, 0.15) is 11.9 Å². The quantitative estimate of drug-likeness (QED) is 0.306. The Morgan fingerprint density at radius 2 is 1.95 bits per heavy atom. The molecule has 0 spiro atoms. The van der Waals surface area contributed by atoms with E-state index in [1.165, 1.54) is 17.0 Å². The first-order valence-corrected chi connectivity index (χ1v) is 13.4. The van der Waals surface area contributed by atoms with Crippen LogP contribution in [0.4, 0.5) is 4.39 Å². The minimum Gasteiger partial charge on any atom is -0.474 e. The fourth-order valence-electron chi connectivity index (χ4n) is 5.08. The van der Waals surface area contributed by atoms with E-state index in [-0.39, 0.29) is 23.7 Å². The average Bonchev–Trinajstić information content (AvgIpc) is 2.90. The highest BCUT2D eigenvalue weighted by molar-refractivity contribution is 6.30. The Kier molecular flexibility index (Phi) is 6.61. The van der Waals surface area contributed by atoms with Crippen molar-refractivity contribution in [1.82, 2.24) is 19.6 Å². The molecule has 38 heavy (non-hydrogen) atoms. The molecule has 4 heterocycles. The van der Waals surface area contributed by atoms with Gasteiger partial charge in [-0.1, -0.05) is 11.6 Å². The second-order valence-electron chi connectivity index (χ2n) is 10.1. The van der Waals surface area contributed by atoms with Crippen molar-refractivity contribution in [1.29, 1.82) is 0 Å².